The molecular weight excluding hydrogens is 217 g/mol. The standard InChI is InChI=1S/C12H15F3O/c1-8(2)6-9-4-5-11(16-3)10(7-9)12(13,14)15/h4-5,7-8H,6H2,1-3H3. The highest BCUT2D eigenvalue weighted by molar-refractivity contribution is 5.39. The number of hydrogen-bond donors (Lipinski definition) is 0. The van der Waals surface area contributed by atoms with Gasteiger partial charge in [-0.05, 0) is 30.0 Å². The zero-order valence-corrected chi connectivity index (χ0v) is 9.56. The largest absolute Gasteiger partial charge is 0.496 e. The van der Waals surface area contributed by atoms with Gasteiger partial charge in [0.05, 0.1) is 12.7 Å². The molecule has 1 nitrogen and oxygen atoms in total. The van der Waals surface area contributed by atoms with Crippen LogP contribution in [0.15, 0.2) is 18.2 Å². The summed E-state index contributed by atoms with van der Waals surface area (Å²) in [6.07, 6.45) is -3.73. The number of halogens is 3. The molecule has 0 heterocycles. The van der Waals surface area contributed by atoms with Gasteiger partial charge < -0.3 is 4.74 Å². The second kappa shape index (κ2) is 4.76. The van der Waals surface area contributed by atoms with Gasteiger partial charge in [0, 0.05) is 0 Å². The Hall–Kier alpha value is -1.19. The van der Waals surface area contributed by atoms with Crippen molar-refractivity contribution in [3.8, 4) is 5.75 Å². The van der Waals surface area contributed by atoms with Crippen molar-refractivity contribution in [1.82, 2.24) is 0 Å². The minimum absolute atomic E-state index is 0.125. The van der Waals surface area contributed by atoms with Crippen molar-refractivity contribution in [3.05, 3.63) is 29.3 Å². The van der Waals surface area contributed by atoms with Gasteiger partial charge in [-0.3, -0.25) is 0 Å². The highest BCUT2D eigenvalue weighted by Crippen LogP contribution is 2.36. The molecule has 0 spiro atoms. The molecule has 1 aromatic carbocycles. The van der Waals surface area contributed by atoms with E-state index in [-0.39, 0.29) is 5.75 Å². The van der Waals surface area contributed by atoms with Crippen LogP contribution in [-0.4, -0.2) is 7.11 Å². The van der Waals surface area contributed by atoms with E-state index in [1.54, 1.807) is 6.07 Å². The molecule has 0 saturated carbocycles. The zero-order chi connectivity index (χ0) is 12.3. The van der Waals surface area contributed by atoms with E-state index in [9.17, 15) is 13.2 Å². The van der Waals surface area contributed by atoms with Crippen molar-refractivity contribution in [3.63, 3.8) is 0 Å². The van der Waals surface area contributed by atoms with Crippen LogP contribution >= 0.6 is 0 Å². The average molecular weight is 232 g/mol. The lowest BCUT2D eigenvalue weighted by Crippen LogP contribution is -2.08. The molecule has 0 bridgehead atoms. The number of methoxy groups -OCH3 is 1. The Bertz CT molecular complexity index is 356. The van der Waals surface area contributed by atoms with Gasteiger partial charge in [-0.15, -0.1) is 0 Å². The molecule has 0 N–H and O–H groups in total. The van der Waals surface area contributed by atoms with E-state index in [0.29, 0.717) is 17.9 Å². The van der Waals surface area contributed by atoms with Crippen molar-refractivity contribution in [1.29, 1.82) is 0 Å². The van der Waals surface area contributed by atoms with Crippen LogP contribution in [0.25, 0.3) is 0 Å². The Labute approximate surface area is 93.2 Å². The lowest BCUT2D eigenvalue weighted by Gasteiger charge is -2.14. The quantitative estimate of drug-likeness (QED) is 0.767. The third-order valence-electron chi connectivity index (χ3n) is 2.21. The summed E-state index contributed by atoms with van der Waals surface area (Å²) in [5.41, 5.74) is -0.0173. The minimum atomic E-state index is -4.36. The first-order chi connectivity index (χ1) is 7.34. The molecule has 0 amide bonds. The Morgan fingerprint density at radius 1 is 1.25 bits per heavy atom. The van der Waals surface area contributed by atoms with Gasteiger partial charge in [0.2, 0.25) is 0 Å². The van der Waals surface area contributed by atoms with Crippen molar-refractivity contribution >= 4 is 0 Å². The summed E-state index contributed by atoms with van der Waals surface area (Å²) in [6, 6.07) is 4.22. The number of hydrogen-bond acceptors (Lipinski definition) is 1. The number of rotatable bonds is 3. The van der Waals surface area contributed by atoms with Gasteiger partial charge >= 0.3 is 6.18 Å². The maximum absolute atomic E-state index is 12.7. The summed E-state index contributed by atoms with van der Waals surface area (Å²) in [5, 5.41) is 0. The Morgan fingerprint density at radius 3 is 2.31 bits per heavy atom. The first-order valence-electron chi connectivity index (χ1n) is 5.08. The van der Waals surface area contributed by atoms with Gasteiger partial charge in [-0.2, -0.15) is 13.2 Å². The van der Waals surface area contributed by atoms with Crippen LogP contribution in [0.4, 0.5) is 13.2 Å². The molecule has 0 unspecified atom stereocenters. The lowest BCUT2D eigenvalue weighted by atomic mass is 10.0. The molecule has 90 valence electrons. The Kier molecular flexibility index (Phi) is 3.83. The summed E-state index contributed by atoms with van der Waals surface area (Å²) < 4.78 is 42.7. The van der Waals surface area contributed by atoms with Crippen LogP contribution in [-0.2, 0) is 12.6 Å². The monoisotopic (exact) mass is 232 g/mol. The molecule has 0 fully saturated rings. The van der Waals surface area contributed by atoms with E-state index in [4.69, 9.17) is 4.74 Å². The summed E-state index contributed by atoms with van der Waals surface area (Å²) >= 11 is 0. The maximum Gasteiger partial charge on any atom is 0.419 e. The maximum atomic E-state index is 12.7. The highest BCUT2D eigenvalue weighted by atomic mass is 19.4. The second-order valence-corrected chi connectivity index (χ2v) is 4.13. The van der Waals surface area contributed by atoms with Gasteiger partial charge in [0.25, 0.3) is 0 Å². The van der Waals surface area contributed by atoms with Crippen LogP contribution < -0.4 is 4.74 Å². The molecule has 0 aliphatic heterocycles. The van der Waals surface area contributed by atoms with Crippen LogP contribution in [0.1, 0.15) is 25.0 Å². The fourth-order valence-electron chi connectivity index (χ4n) is 1.58. The fraction of sp³-hybridized carbons (Fsp3) is 0.500. The van der Waals surface area contributed by atoms with Crippen molar-refractivity contribution < 1.29 is 17.9 Å². The third kappa shape index (κ3) is 3.15. The predicted molar refractivity (Wildman–Crippen MR) is 56.5 cm³/mol. The van der Waals surface area contributed by atoms with Gasteiger partial charge in [-0.25, -0.2) is 0 Å². The molecule has 0 aromatic heterocycles. The van der Waals surface area contributed by atoms with E-state index < -0.39 is 11.7 Å². The summed E-state index contributed by atoms with van der Waals surface area (Å²) in [5.74, 6) is 0.203. The molecule has 4 heteroatoms. The average Bonchev–Trinajstić information content (AvgIpc) is 2.15. The van der Waals surface area contributed by atoms with Crippen molar-refractivity contribution in [2.45, 2.75) is 26.4 Å². The van der Waals surface area contributed by atoms with Crippen LogP contribution in [0, 0.1) is 5.92 Å². The summed E-state index contributed by atoms with van der Waals surface area (Å²) in [7, 11) is 1.24. The van der Waals surface area contributed by atoms with Crippen LogP contribution in [0.5, 0.6) is 5.75 Å². The summed E-state index contributed by atoms with van der Waals surface area (Å²) in [4.78, 5) is 0. The normalized spacial score (nSPS) is 11.9. The molecule has 16 heavy (non-hydrogen) atoms. The number of benzene rings is 1. The zero-order valence-electron chi connectivity index (χ0n) is 9.56. The van der Waals surface area contributed by atoms with Gasteiger partial charge in [0.15, 0.2) is 0 Å². The van der Waals surface area contributed by atoms with E-state index in [1.165, 1.54) is 19.2 Å². The third-order valence-corrected chi connectivity index (χ3v) is 2.21. The first kappa shape index (κ1) is 12.9. The minimum Gasteiger partial charge on any atom is -0.496 e. The molecule has 0 atom stereocenters. The highest BCUT2D eigenvalue weighted by Gasteiger charge is 2.34. The molecule has 0 aliphatic rings. The smallest absolute Gasteiger partial charge is 0.419 e. The summed E-state index contributed by atoms with van der Waals surface area (Å²) in [6.45, 7) is 3.94. The molecule has 1 aromatic rings. The van der Waals surface area contributed by atoms with Crippen molar-refractivity contribution in [2.75, 3.05) is 7.11 Å². The molecule has 1 rings (SSSR count). The molecular formula is C12H15F3O. The van der Waals surface area contributed by atoms with E-state index >= 15 is 0 Å². The van der Waals surface area contributed by atoms with Crippen LogP contribution in [0.2, 0.25) is 0 Å². The van der Waals surface area contributed by atoms with E-state index in [1.807, 2.05) is 13.8 Å². The first-order valence-corrected chi connectivity index (χ1v) is 5.08. The number of alkyl halides is 3. The van der Waals surface area contributed by atoms with E-state index in [2.05, 4.69) is 0 Å². The second-order valence-electron chi connectivity index (χ2n) is 4.13. The molecule has 0 saturated heterocycles. The Morgan fingerprint density at radius 2 is 1.88 bits per heavy atom. The topological polar surface area (TPSA) is 9.23 Å². The Balaban J connectivity index is 3.12. The van der Waals surface area contributed by atoms with Crippen molar-refractivity contribution in [2.24, 2.45) is 5.92 Å². The lowest BCUT2D eigenvalue weighted by molar-refractivity contribution is -0.138. The number of ether oxygens (including phenoxy) is 1. The fourth-order valence-corrected chi connectivity index (χ4v) is 1.58. The SMILES string of the molecule is COc1ccc(CC(C)C)cc1C(F)(F)F. The molecule has 0 aliphatic carbocycles. The van der Waals surface area contributed by atoms with Crippen LogP contribution in [0.3, 0.4) is 0 Å². The predicted octanol–water partition coefficient (Wildman–Crippen LogP) is 3.91. The van der Waals surface area contributed by atoms with Gasteiger partial charge in [0.1, 0.15) is 5.75 Å². The van der Waals surface area contributed by atoms with Gasteiger partial charge in [-0.1, -0.05) is 19.9 Å². The molecule has 0 radical (unpaired) electrons. The van der Waals surface area contributed by atoms with E-state index in [0.717, 1.165) is 0 Å².